The number of cyclic esters (lactones) is 1. The summed E-state index contributed by atoms with van der Waals surface area (Å²) in [6.45, 7) is 6.87. The van der Waals surface area contributed by atoms with Gasteiger partial charge in [0.15, 0.2) is 6.29 Å². The number of methoxy groups -OCH3 is 1. The Balaban J connectivity index is 1.16. The maximum absolute atomic E-state index is 14.4. The minimum absolute atomic E-state index is 0.139. The van der Waals surface area contributed by atoms with Crippen LogP contribution in [0.25, 0.3) is 0 Å². The summed E-state index contributed by atoms with van der Waals surface area (Å²) in [7, 11) is 1.63. The van der Waals surface area contributed by atoms with Gasteiger partial charge >= 0.3 is 5.97 Å². The van der Waals surface area contributed by atoms with E-state index in [2.05, 4.69) is 13.8 Å². The van der Waals surface area contributed by atoms with Crippen LogP contribution in [0.2, 0.25) is 0 Å². The smallest absolute Gasteiger partial charge is 0.331 e. The molecular formula is C30H44O7. The maximum Gasteiger partial charge on any atom is 0.331 e. The number of carbonyl (C=O) groups excluding carboxylic acids is 2. The molecular weight excluding hydrogens is 472 g/mol. The number of hydrogen-bond donors (Lipinski definition) is 1. The molecule has 11 atom stereocenters. The Bertz CT molecular complexity index is 977. The number of aliphatic hydroxyl groups is 1. The van der Waals surface area contributed by atoms with Gasteiger partial charge in [-0.2, -0.15) is 0 Å². The molecule has 1 saturated heterocycles. The van der Waals surface area contributed by atoms with E-state index in [1.54, 1.807) is 13.2 Å². The number of esters is 1. The normalized spacial score (nSPS) is 51.6. The predicted octanol–water partition coefficient (Wildman–Crippen LogP) is 4.35. The van der Waals surface area contributed by atoms with Gasteiger partial charge in [0.25, 0.3) is 0 Å². The molecule has 4 aliphatic carbocycles. The molecule has 6 rings (SSSR count). The third kappa shape index (κ3) is 3.89. The Kier molecular flexibility index (Phi) is 6.42. The lowest BCUT2D eigenvalue weighted by Gasteiger charge is -2.66. The first-order chi connectivity index (χ1) is 17.6. The zero-order valence-electron chi connectivity index (χ0n) is 22.9. The summed E-state index contributed by atoms with van der Waals surface area (Å²) in [6, 6.07) is 0. The zero-order chi connectivity index (χ0) is 26.2. The Morgan fingerprint density at radius 2 is 1.81 bits per heavy atom. The molecule has 0 unspecified atom stereocenters. The fourth-order valence-corrected chi connectivity index (χ4v) is 9.85. The molecule has 7 nitrogen and oxygen atoms in total. The molecule has 0 radical (unpaired) electrons. The van der Waals surface area contributed by atoms with Crippen molar-refractivity contribution in [2.24, 2.45) is 34.0 Å². The molecule has 206 valence electrons. The second-order valence-electron chi connectivity index (χ2n) is 13.5. The van der Waals surface area contributed by atoms with Crippen LogP contribution < -0.4 is 0 Å². The average Bonchev–Trinajstić information content (AvgIpc) is 3.29. The van der Waals surface area contributed by atoms with Crippen molar-refractivity contribution in [2.45, 2.75) is 116 Å². The Morgan fingerprint density at radius 1 is 1.03 bits per heavy atom. The molecule has 4 saturated carbocycles. The number of ketones is 1. The summed E-state index contributed by atoms with van der Waals surface area (Å²) < 4.78 is 23.2. The molecule has 2 aliphatic heterocycles. The Hall–Kier alpha value is -1.28. The van der Waals surface area contributed by atoms with Crippen molar-refractivity contribution in [3.8, 4) is 0 Å². The third-order valence-electron chi connectivity index (χ3n) is 11.9. The van der Waals surface area contributed by atoms with Crippen molar-refractivity contribution in [3.05, 3.63) is 11.6 Å². The van der Waals surface area contributed by atoms with E-state index in [4.69, 9.17) is 18.9 Å². The molecule has 2 bridgehead atoms. The first kappa shape index (κ1) is 26.0. The minimum atomic E-state index is -0.628. The summed E-state index contributed by atoms with van der Waals surface area (Å²) in [6.07, 6.45) is 9.85. The molecule has 1 spiro atoms. The van der Waals surface area contributed by atoms with Gasteiger partial charge in [0, 0.05) is 30.4 Å². The van der Waals surface area contributed by atoms with Gasteiger partial charge in [-0.25, -0.2) is 4.79 Å². The Morgan fingerprint density at radius 3 is 2.54 bits per heavy atom. The van der Waals surface area contributed by atoms with E-state index in [1.807, 2.05) is 6.92 Å². The second kappa shape index (κ2) is 9.14. The number of Topliss-reactive ketones (excluding diaryl/α,β-unsaturated/α-hetero) is 1. The summed E-state index contributed by atoms with van der Waals surface area (Å²) >= 11 is 0. The van der Waals surface area contributed by atoms with E-state index >= 15 is 0 Å². The molecule has 1 N–H and O–H groups in total. The van der Waals surface area contributed by atoms with Crippen LogP contribution in [-0.2, 0) is 28.5 Å². The maximum atomic E-state index is 14.4. The molecule has 6 aliphatic rings. The largest absolute Gasteiger partial charge is 0.458 e. The molecule has 0 aromatic rings. The molecule has 0 amide bonds. The number of ether oxygens (including phenoxy) is 4. The molecule has 7 heteroatoms. The Labute approximate surface area is 220 Å². The molecule has 2 heterocycles. The van der Waals surface area contributed by atoms with Gasteiger partial charge in [-0.1, -0.05) is 13.8 Å². The van der Waals surface area contributed by atoms with Gasteiger partial charge in [-0.05, 0) is 93.5 Å². The van der Waals surface area contributed by atoms with Crippen molar-refractivity contribution in [1.82, 2.24) is 0 Å². The zero-order valence-corrected chi connectivity index (χ0v) is 22.9. The number of aliphatic hydroxyl groups excluding tert-OH is 1. The molecule has 0 aromatic carbocycles. The van der Waals surface area contributed by atoms with Crippen LogP contribution in [0, 0.1) is 34.0 Å². The lowest BCUT2D eigenvalue weighted by Crippen LogP contribution is -2.64. The highest BCUT2D eigenvalue weighted by Gasteiger charge is 2.67. The number of rotatable bonds is 4. The van der Waals surface area contributed by atoms with E-state index in [-0.39, 0.29) is 52.7 Å². The average molecular weight is 517 g/mol. The topological polar surface area (TPSA) is 91.3 Å². The predicted molar refractivity (Wildman–Crippen MR) is 135 cm³/mol. The van der Waals surface area contributed by atoms with Crippen molar-refractivity contribution in [3.63, 3.8) is 0 Å². The lowest BCUT2D eigenvalue weighted by molar-refractivity contribution is -0.272. The molecule has 5 fully saturated rings. The lowest BCUT2D eigenvalue weighted by atomic mass is 9.37. The van der Waals surface area contributed by atoms with Gasteiger partial charge in [-0.15, -0.1) is 0 Å². The summed E-state index contributed by atoms with van der Waals surface area (Å²) in [4.78, 5) is 26.1. The van der Waals surface area contributed by atoms with Crippen molar-refractivity contribution in [1.29, 1.82) is 0 Å². The number of carbonyl (C=O) groups is 2. The van der Waals surface area contributed by atoms with E-state index in [0.29, 0.717) is 30.6 Å². The highest BCUT2D eigenvalue weighted by Crippen LogP contribution is 2.70. The van der Waals surface area contributed by atoms with Crippen LogP contribution >= 0.6 is 0 Å². The van der Waals surface area contributed by atoms with Gasteiger partial charge in [0.1, 0.15) is 18.5 Å². The highest BCUT2D eigenvalue weighted by molar-refractivity contribution is 5.93. The summed E-state index contributed by atoms with van der Waals surface area (Å²) in [5.74, 6) is 1.33. The van der Waals surface area contributed by atoms with Gasteiger partial charge in [0.2, 0.25) is 0 Å². The van der Waals surface area contributed by atoms with E-state index in [9.17, 15) is 14.7 Å². The van der Waals surface area contributed by atoms with E-state index in [1.165, 1.54) is 0 Å². The van der Waals surface area contributed by atoms with Crippen LogP contribution in [0.1, 0.15) is 85.0 Å². The first-order valence-corrected chi connectivity index (χ1v) is 14.5. The number of hydrogen-bond acceptors (Lipinski definition) is 7. The van der Waals surface area contributed by atoms with Crippen molar-refractivity contribution in [2.75, 3.05) is 13.7 Å². The fourth-order valence-electron chi connectivity index (χ4n) is 9.85. The van der Waals surface area contributed by atoms with Gasteiger partial charge in [-0.3, -0.25) is 4.79 Å². The quantitative estimate of drug-likeness (QED) is 0.439. The van der Waals surface area contributed by atoms with E-state index < -0.39 is 6.10 Å². The standard InChI is InChI=1S/C30H44O7/c1-17-26(32)22(34-4)15-25(36-17)37-20-6-9-28(2)19(14-20)5-11-30-12-7-21(18-13-24(31)35-16-18)29(3,27(30)33)10-8-23(28)30/h13,17,19-23,25-26,32H,5-12,14-16H2,1-4H3/t17-,19-,20-,21-,22-,23-,25+,26-,28-,29-,30-/m1/s1. The first-order valence-electron chi connectivity index (χ1n) is 14.5. The van der Waals surface area contributed by atoms with Crippen LogP contribution in [0.4, 0.5) is 0 Å². The monoisotopic (exact) mass is 516 g/mol. The fraction of sp³-hybridized carbons (Fsp3) is 0.867. The van der Waals surface area contributed by atoms with Crippen molar-refractivity contribution < 1.29 is 33.6 Å². The van der Waals surface area contributed by atoms with Gasteiger partial charge in [0.05, 0.1) is 18.3 Å². The minimum Gasteiger partial charge on any atom is -0.458 e. The van der Waals surface area contributed by atoms with Crippen molar-refractivity contribution >= 4 is 11.8 Å². The van der Waals surface area contributed by atoms with Crippen LogP contribution in [-0.4, -0.2) is 61.3 Å². The van der Waals surface area contributed by atoms with Gasteiger partial charge < -0.3 is 24.1 Å². The van der Waals surface area contributed by atoms with Crippen LogP contribution in [0.3, 0.4) is 0 Å². The highest BCUT2D eigenvalue weighted by atomic mass is 16.7. The third-order valence-corrected chi connectivity index (χ3v) is 11.9. The SMILES string of the molecule is CO[C@@H]1C[C@H](O[C@@H]2CC[C@]3(C)[C@H](CC[C@@]45CC[C@H](C6=CC(=O)OC6)[C@@](C)(CC[C@@H]43)C5=O)C2)O[C@H](C)[C@H]1O. The van der Waals surface area contributed by atoms with Crippen LogP contribution in [0.15, 0.2) is 11.6 Å². The second-order valence-corrected chi connectivity index (χ2v) is 13.5. The van der Waals surface area contributed by atoms with E-state index in [0.717, 1.165) is 63.4 Å². The molecule has 0 aromatic heterocycles. The molecule has 37 heavy (non-hydrogen) atoms. The van der Waals surface area contributed by atoms with Crippen LogP contribution in [0.5, 0.6) is 0 Å². The summed E-state index contributed by atoms with van der Waals surface area (Å²) in [5, 5.41) is 10.3. The number of fused-ring (bicyclic) bond motifs is 3. The summed E-state index contributed by atoms with van der Waals surface area (Å²) in [5.41, 5.74) is 0.597.